The molecule has 0 aromatic heterocycles. The van der Waals surface area contributed by atoms with Crippen molar-refractivity contribution in [2.24, 2.45) is 5.92 Å². The molecule has 0 N–H and O–H groups in total. The molecule has 0 fully saturated rings. The zero-order valence-corrected chi connectivity index (χ0v) is 14.0. The minimum Gasteiger partial charge on any atom is -0.205 e. The van der Waals surface area contributed by atoms with Crippen molar-refractivity contribution >= 4 is 27.5 Å². The first-order chi connectivity index (χ1) is 10.1. The van der Waals surface area contributed by atoms with Gasteiger partial charge in [-0.25, -0.2) is 4.39 Å². The summed E-state index contributed by atoms with van der Waals surface area (Å²) in [6.07, 6.45) is 4.33. The third-order valence-corrected chi connectivity index (χ3v) is 5.82. The Bertz CT molecular complexity index is 641. The molecule has 1 aliphatic carbocycles. The third-order valence-electron chi connectivity index (χ3n) is 4.27. The first-order valence-corrected chi connectivity index (χ1v) is 8.60. The molecule has 0 saturated heterocycles. The molecule has 2 aromatic rings. The minimum absolute atomic E-state index is 0.195. The van der Waals surface area contributed by atoms with E-state index in [-0.39, 0.29) is 10.8 Å². The van der Waals surface area contributed by atoms with Gasteiger partial charge < -0.3 is 0 Å². The molecule has 0 bridgehead atoms. The summed E-state index contributed by atoms with van der Waals surface area (Å²) < 4.78 is 13.6. The van der Waals surface area contributed by atoms with Crippen LogP contribution in [0.1, 0.15) is 34.4 Å². The van der Waals surface area contributed by atoms with Gasteiger partial charge in [0.25, 0.3) is 0 Å². The SMILES string of the molecule is Fc1cc(CC2CCCc3ccccc3C2Br)ccc1Cl. The lowest BCUT2D eigenvalue weighted by Gasteiger charge is -2.21. The highest BCUT2D eigenvalue weighted by Crippen LogP contribution is 2.41. The Morgan fingerprint density at radius 1 is 1.19 bits per heavy atom. The quantitative estimate of drug-likeness (QED) is 0.444. The summed E-state index contributed by atoms with van der Waals surface area (Å²) in [6.45, 7) is 0. The van der Waals surface area contributed by atoms with E-state index in [0.29, 0.717) is 10.7 Å². The monoisotopic (exact) mass is 366 g/mol. The molecule has 0 amide bonds. The largest absolute Gasteiger partial charge is 0.205 e. The van der Waals surface area contributed by atoms with Crippen molar-refractivity contribution in [3.8, 4) is 0 Å². The van der Waals surface area contributed by atoms with Crippen LogP contribution in [0.2, 0.25) is 5.02 Å². The molecule has 3 rings (SSSR count). The summed E-state index contributed by atoms with van der Waals surface area (Å²) in [4.78, 5) is 0.329. The van der Waals surface area contributed by atoms with E-state index >= 15 is 0 Å². The van der Waals surface area contributed by atoms with Crippen LogP contribution in [-0.4, -0.2) is 0 Å². The summed E-state index contributed by atoms with van der Waals surface area (Å²) in [5.41, 5.74) is 3.84. The van der Waals surface area contributed by atoms with E-state index in [2.05, 4.69) is 40.2 Å². The Morgan fingerprint density at radius 2 is 2.00 bits per heavy atom. The van der Waals surface area contributed by atoms with Gasteiger partial charge in [0.05, 0.1) is 5.02 Å². The second kappa shape index (κ2) is 6.50. The highest BCUT2D eigenvalue weighted by Gasteiger charge is 2.25. The lowest BCUT2D eigenvalue weighted by atomic mass is 9.90. The van der Waals surface area contributed by atoms with Gasteiger partial charge in [0.2, 0.25) is 0 Å². The van der Waals surface area contributed by atoms with Crippen LogP contribution in [0, 0.1) is 11.7 Å². The fraction of sp³-hybridized carbons (Fsp3) is 0.333. The number of aryl methyl sites for hydroxylation is 1. The van der Waals surface area contributed by atoms with E-state index in [4.69, 9.17) is 11.6 Å². The van der Waals surface area contributed by atoms with E-state index in [1.165, 1.54) is 17.5 Å². The molecule has 3 heteroatoms. The summed E-state index contributed by atoms with van der Waals surface area (Å²) in [6, 6.07) is 13.8. The van der Waals surface area contributed by atoms with Gasteiger partial charge in [-0.15, -0.1) is 0 Å². The van der Waals surface area contributed by atoms with Gasteiger partial charge in [-0.05, 0) is 60.4 Å². The van der Waals surface area contributed by atoms with E-state index in [9.17, 15) is 4.39 Å². The molecule has 2 atom stereocenters. The molecule has 0 radical (unpaired) electrons. The van der Waals surface area contributed by atoms with E-state index in [0.717, 1.165) is 24.8 Å². The van der Waals surface area contributed by atoms with Gasteiger partial charge in [0, 0.05) is 4.83 Å². The van der Waals surface area contributed by atoms with Crippen LogP contribution in [-0.2, 0) is 12.8 Å². The highest BCUT2D eigenvalue weighted by molar-refractivity contribution is 9.09. The molecule has 0 nitrogen and oxygen atoms in total. The Hall–Kier alpha value is -0.860. The smallest absolute Gasteiger partial charge is 0.142 e. The van der Waals surface area contributed by atoms with Gasteiger partial charge in [0.15, 0.2) is 0 Å². The van der Waals surface area contributed by atoms with Crippen LogP contribution in [0.5, 0.6) is 0 Å². The first-order valence-electron chi connectivity index (χ1n) is 7.31. The van der Waals surface area contributed by atoms with Crippen LogP contribution in [0.25, 0.3) is 0 Å². The van der Waals surface area contributed by atoms with Crippen LogP contribution >= 0.6 is 27.5 Å². The van der Waals surface area contributed by atoms with Crippen molar-refractivity contribution in [3.05, 3.63) is 70.0 Å². The molecular formula is C18H17BrClF. The number of hydrogen-bond donors (Lipinski definition) is 0. The lowest BCUT2D eigenvalue weighted by Crippen LogP contribution is -2.10. The first kappa shape index (κ1) is 15.1. The number of fused-ring (bicyclic) bond motifs is 1. The summed E-state index contributed by atoms with van der Waals surface area (Å²) in [5, 5.41) is 0.195. The van der Waals surface area contributed by atoms with Crippen LogP contribution in [0.4, 0.5) is 4.39 Å². The van der Waals surface area contributed by atoms with Gasteiger partial charge in [-0.3, -0.25) is 0 Å². The maximum atomic E-state index is 13.6. The standard InChI is InChI=1S/C18H17BrClF/c19-18-14(10-12-8-9-16(20)17(21)11-12)6-3-5-13-4-1-2-7-15(13)18/h1-2,4,7-9,11,14,18H,3,5-6,10H2. The molecule has 0 aliphatic heterocycles. The molecule has 110 valence electrons. The topological polar surface area (TPSA) is 0 Å². The average Bonchev–Trinajstić information content (AvgIpc) is 2.64. The second-order valence-electron chi connectivity index (χ2n) is 5.71. The van der Waals surface area contributed by atoms with Crippen molar-refractivity contribution in [1.82, 2.24) is 0 Å². The zero-order valence-electron chi connectivity index (χ0n) is 11.7. The van der Waals surface area contributed by atoms with Gasteiger partial charge in [-0.2, -0.15) is 0 Å². The van der Waals surface area contributed by atoms with Gasteiger partial charge in [0.1, 0.15) is 5.82 Å². The minimum atomic E-state index is -0.325. The van der Waals surface area contributed by atoms with Crippen LogP contribution < -0.4 is 0 Å². The number of hydrogen-bond acceptors (Lipinski definition) is 0. The Morgan fingerprint density at radius 3 is 2.81 bits per heavy atom. The average molecular weight is 368 g/mol. The summed E-state index contributed by atoms with van der Waals surface area (Å²) in [5.74, 6) is 0.156. The van der Waals surface area contributed by atoms with E-state index in [1.807, 2.05) is 6.07 Å². The predicted octanol–water partition coefficient (Wildman–Crippen LogP) is 6.11. The van der Waals surface area contributed by atoms with E-state index in [1.54, 1.807) is 12.1 Å². The molecule has 0 heterocycles. The maximum Gasteiger partial charge on any atom is 0.142 e. The summed E-state index contributed by atoms with van der Waals surface area (Å²) >= 11 is 9.63. The molecule has 2 aromatic carbocycles. The van der Waals surface area contributed by atoms with E-state index < -0.39 is 0 Å². The third kappa shape index (κ3) is 3.32. The Kier molecular flexibility index (Phi) is 4.66. The Balaban J connectivity index is 1.84. The maximum absolute atomic E-state index is 13.6. The van der Waals surface area contributed by atoms with Crippen molar-refractivity contribution in [3.63, 3.8) is 0 Å². The lowest BCUT2D eigenvalue weighted by molar-refractivity contribution is 0.473. The van der Waals surface area contributed by atoms with Crippen LogP contribution in [0.3, 0.4) is 0 Å². The van der Waals surface area contributed by atoms with Crippen molar-refractivity contribution < 1.29 is 4.39 Å². The zero-order chi connectivity index (χ0) is 14.8. The van der Waals surface area contributed by atoms with Gasteiger partial charge in [-0.1, -0.05) is 57.9 Å². The van der Waals surface area contributed by atoms with Crippen molar-refractivity contribution in [2.45, 2.75) is 30.5 Å². The molecule has 0 saturated carbocycles. The van der Waals surface area contributed by atoms with Gasteiger partial charge >= 0.3 is 0 Å². The predicted molar refractivity (Wildman–Crippen MR) is 89.7 cm³/mol. The fourth-order valence-electron chi connectivity index (χ4n) is 3.16. The molecule has 0 spiro atoms. The number of rotatable bonds is 2. The second-order valence-corrected chi connectivity index (χ2v) is 7.10. The Labute approximate surface area is 138 Å². The highest BCUT2D eigenvalue weighted by atomic mass is 79.9. The van der Waals surface area contributed by atoms with Crippen molar-refractivity contribution in [1.29, 1.82) is 0 Å². The number of benzene rings is 2. The molecular weight excluding hydrogens is 351 g/mol. The summed E-state index contributed by atoms with van der Waals surface area (Å²) in [7, 11) is 0. The normalized spacial score (nSPS) is 21.7. The number of halogens is 3. The molecule has 21 heavy (non-hydrogen) atoms. The van der Waals surface area contributed by atoms with Crippen LogP contribution in [0.15, 0.2) is 42.5 Å². The fourth-order valence-corrected chi connectivity index (χ4v) is 4.18. The molecule has 1 aliphatic rings. The number of alkyl halides is 1. The van der Waals surface area contributed by atoms with Crippen molar-refractivity contribution in [2.75, 3.05) is 0 Å². The molecule has 2 unspecified atom stereocenters.